The van der Waals surface area contributed by atoms with Gasteiger partial charge in [0.15, 0.2) is 0 Å². The van der Waals surface area contributed by atoms with Gasteiger partial charge in [-0.15, -0.1) is 0 Å². The second-order valence-corrected chi connectivity index (χ2v) is 14.3. The summed E-state index contributed by atoms with van der Waals surface area (Å²) in [5.41, 5.74) is 7.14. The van der Waals surface area contributed by atoms with Gasteiger partial charge in [0.1, 0.15) is 23.4 Å². The number of carboxylic acid groups (broad SMARTS) is 1. The summed E-state index contributed by atoms with van der Waals surface area (Å²) >= 11 is 6.86. The van der Waals surface area contributed by atoms with Gasteiger partial charge in [0.05, 0.1) is 24.2 Å². The van der Waals surface area contributed by atoms with Crippen LogP contribution in [0.15, 0.2) is 48.5 Å². The van der Waals surface area contributed by atoms with Crippen LogP contribution in [0.4, 0.5) is 0 Å². The van der Waals surface area contributed by atoms with Gasteiger partial charge >= 0.3 is 5.97 Å². The third kappa shape index (κ3) is 7.64. The lowest BCUT2D eigenvalue weighted by molar-refractivity contribution is -0.143. The van der Waals surface area contributed by atoms with Crippen LogP contribution in [-0.4, -0.2) is 65.8 Å². The van der Waals surface area contributed by atoms with Gasteiger partial charge in [-0.2, -0.15) is 0 Å². The second kappa shape index (κ2) is 15.5. The molecule has 7 nitrogen and oxygen atoms in total. The highest BCUT2D eigenvalue weighted by Gasteiger charge is 2.30. The van der Waals surface area contributed by atoms with Crippen molar-refractivity contribution in [3.05, 3.63) is 75.8 Å². The van der Waals surface area contributed by atoms with E-state index in [9.17, 15) is 9.90 Å². The Hall–Kier alpha value is -3.26. The standard InChI is InChI=1S/C40H51ClN2O5/c1-5-46-38-24-39(35(41)23-30(38)25-42-20-17-29(18-21-42)40(44)45)48-37-16-15-33-32(10-6-11-34(33)37)31-9-7-12-36(28(31)4)47-22-8-19-43-26(2)13-14-27(43)3/h6-7,9-12,23-24,26-27,29,37H,5,8,13-22,25H2,1-4H3,(H,44,45)/t26-,27-,37+/m1/s1. The summed E-state index contributed by atoms with van der Waals surface area (Å²) < 4.78 is 19.1. The molecular formula is C40H51ClN2O5. The Labute approximate surface area is 291 Å². The van der Waals surface area contributed by atoms with E-state index < -0.39 is 5.97 Å². The van der Waals surface area contributed by atoms with Crippen LogP contribution in [0.25, 0.3) is 11.1 Å². The molecule has 3 aromatic rings. The van der Waals surface area contributed by atoms with Crippen molar-refractivity contribution in [3.8, 4) is 28.4 Å². The lowest BCUT2D eigenvalue weighted by atomic mass is 9.93. The molecule has 2 aliphatic heterocycles. The van der Waals surface area contributed by atoms with Gasteiger partial charge in [0, 0.05) is 36.8 Å². The molecule has 48 heavy (non-hydrogen) atoms. The van der Waals surface area contributed by atoms with Crippen molar-refractivity contribution in [3.63, 3.8) is 0 Å². The molecule has 2 fully saturated rings. The molecule has 3 aliphatic rings. The molecule has 0 radical (unpaired) electrons. The minimum Gasteiger partial charge on any atom is -0.493 e. The average Bonchev–Trinajstić information content (AvgIpc) is 3.64. The summed E-state index contributed by atoms with van der Waals surface area (Å²) in [6.45, 7) is 13.3. The van der Waals surface area contributed by atoms with Crippen LogP contribution in [0.3, 0.4) is 0 Å². The van der Waals surface area contributed by atoms with Crippen molar-refractivity contribution in [2.24, 2.45) is 5.92 Å². The second-order valence-electron chi connectivity index (χ2n) is 13.9. The number of fused-ring (bicyclic) bond motifs is 1. The van der Waals surface area contributed by atoms with E-state index in [-0.39, 0.29) is 12.0 Å². The largest absolute Gasteiger partial charge is 0.493 e. The Morgan fingerprint density at radius 1 is 0.917 bits per heavy atom. The highest BCUT2D eigenvalue weighted by Crippen LogP contribution is 2.44. The molecule has 8 heteroatoms. The molecule has 1 aliphatic carbocycles. The summed E-state index contributed by atoms with van der Waals surface area (Å²) in [5.74, 6) is 1.39. The Bertz CT molecular complexity index is 1580. The number of rotatable bonds is 13. The van der Waals surface area contributed by atoms with E-state index in [1.165, 1.54) is 40.7 Å². The van der Waals surface area contributed by atoms with Crippen LogP contribution in [0, 0.1) is 12.8 Å². The average molecular weight is 675 g/mol. The van der Waals surface area contributed by atoms with E-state index in [0.717, 1.165) is 62.6 Å². The lowest BCUT2D eigenvalue weighted by Gasteiger charge is -2.30. The zero-order valence-corrected chi connectivity index (χ0v) is 29.7. The van der Waals surface area contributed by atoms with Crippen LogP contribution < -0.4 is 14.2 Å². The van der Waals surface area contributed by atoms with Crippen molar-refractivity contribution < 1.29 is 24.1 Å². The van der Waals surface area contributed by atoms with Gasteiger partial charge in [-0.3, -0.25) is 14.6 Å². The highest BCUT2D eigenvalue weighted by atomic mass is 35.5. The molecule has 3 atom stereocenters. The van der Waals surface area contributed by atoms with Crippen LogP contribution in [0.5, 0.6) is 17.2 Å². The van der Waals surface area contributed by atoms with Crippen LogP contribution in [0.1, 0.15) is 87.7 Å². The first-order valence-electron chi connectivity index (χ1n) is 17.9. The first-order valence-corrected chi connectivity index (χ1v) is 18.3. The van der Waals surface area contributed by atoms with E-state index in [2.05, 4.69) is 67.0 Å². The number of likely N-dealkylation sites (tertiary alicyclic amines) is 2. The Morgan fingerprint density at radius 2 is 1.65 bits per heavy atom. The van der Waals surface area contributed by atoms with Gasteiger partial charge < -0.3 is 19.3 Å². The van der Waals surface area contributed by atoms with Crippen molar-refractivity contribution in [1.29, 1.82) is 0 Å². The quantitative estimate of drug-likeness (QED) is 0.182. The predicted octanol–water partition coefficient (Wildman–Crippen LogP) is 8.72. The fourth-order valence-electron chi connectivity index (χ4n) is 7.98. The Kier molecular flexibility index (Phi) is 11.2. The molecule has 3 aromatic carbocycles. The number of nitrogens with zero attached hydrogens (tertiary/aromatic N) is 2. The number of hydrogen-bond acceptors (Lipinski definition) is 6. The third-order valence-corrected chi connectivity index (χ3v) is 11.1. The minimum atomic E-state index is -0.699. The van der Waals surface area contributed by atoms with Gasteiger partial charge in [-0.05, 0) is 126 Å². The summed E-state index contributed by atoms with van der Waals surface area (Å²) in [4.78, 5) is 16.3. The lowest BCUT2D eigenvalue weighted by Crippen LogP contribution is -2.35. The molecule has 0 spiro atoms. The zero-order chi connectivity index (χ0) is 33.8. The maximum atomic E-state index is 11.4. The molecule has 0 amide bonds. The summed E-state index contributed by atoms with van der Waals surface area (Å²) in [6, 6.07) is 18.2. The number of carbonyl (C=O) groups is 1. The maximum absolute atomic E-state index is 11.4. The molecular weight excluding hydrogens is 624 g/mol. The fraction of sp³-hybridized carbons (Fsp3) is 0.525. The van der Waals surface area contributed by atoms with Crippen molar-refractivity contribution in [1.82, 2.24) is 9.80 Å². The Morgan fingerprint density at radius 3 is 2.38 bits per heavy atom. The Balaban J connectivity index is 1.14. The summed E-state index contributed by atoms with van der Waals surface area (Å²) in [6.07, 6.45) is 6.62. The number of ether oxygens (including phenoxy) is 3. The number of carboxylic acids is 1. The van der Waals surface area contributed by atoms with Gasteiger partial charge in [0.2, 0.25) is 0 Å². The minimum absolute atomic E-state index is 0.108. The first-order chi connectivity index (χ1) is 23.2. The van der Waals surface area contributed by atoms with E-state index in [1.807, 2.05) is 19.1 Å². The fourth-order valence-corrected chi connectivity index (χ4v) is 8.21. The van der Waals surface area contributed by atoms with Gasteiger partial charge in [-0.25, -0.2) is 0 Å². The normalized spacial score (nSPS) is 21.7. The first kappa shape index (κ1) is 34.6. The van der Waals surface area contributed by atoms with E-state index >= 15 is 0 Å². The van der Waals surface area contributed by atoms with Crippen molar-refractivity contribution in [2.45, 2.75) is 97.4 Å². The number of benzene rings is 3. The molecule has 0 bridgehead atoms. The number of halogens is 1. The maximum Gasteiger partial charge on any atom is 0.306 e. The molecule has 258 valence electrons. The van der Waals surface area contributed by atoms with Crippen molar-refractivity contribution >= 4 is 17.6 Å². The molecule has 0 saturated carbocycles. The topological polar surface area (TPSA) is 71.5 Å². The third-order valence-electron chi connectivity index (χ3n) is 10.8. The van der Waals surface area contributed by atoms with Gasteiger partial charge in [-0.1, -0.05) is 41.9 Å². The molecule has 0 aromatic heterocycles. The monoisotopic (exact) mass is 674 g/mol. The highest BCUT2D eigenvalue weighted by molar-refractivity contribution is 6.32. The van der Waals surface area contributed by atoms with Crippen LogP contribution in [0.2, 0.25) is 5.02 Å². The predicted molar refractivity (Wildman–Crippen MR) is 192 cm³/mol. The molecule has 2 saturated heterocycles. The molecule has 1 N–H and O–H groups in total. The van der Waals surface area contributed by atoms with Crippen LogP contribution >= 0.6 is 11.6 Å². The number of piperidine rings is 1. The van der Waals surface area contributed by atoms with E-state index in [1.54, 1.807) is 0 Å². The van der Waals surface area contributed by atoms with E-state index in [4.69, 9.17) is 25.8 Å². The van der Waals surface area contributed by atoms with Crippen molar-refractivity contribution in [2.75, 3.05) is 32.8 Å². The molecule has 0 unspecified atom stereocenters. The zero-order valence-electron chi connectivity index (χ0n) is 29.0. The summed E-state index contributed by atoms with van der Waals surface area (Å²) in [5, 5.41) is 9.93. The SMILES string of the molecule is CCOc1cc(O[C@H]2CCc3c(-c4cccc(OCCCN5[C@H](C)CC[C@H]5C)c4C)cccc32)c(Cl)cc1CN1CCC(C(=O)O)CC1. The molecule has 2 heterocycles. The number of aliphatic carboxylic acids is 1. The van der Waals surface area contributed by atoms with Crippen LogP contribution in [-0.2, 0) is 17.8 Å². The van der Waals surface area contributed by atoms with E-state index in [0.29, 0.717) is 48.8 Å². The summed E-state index contributed by atoms with van der Waals surface area (Å²) in [7, 11) is 0. The van der Waals surface area contributed by atoms with Gasteiger partial charge in [0.25, 0.3) is 0 Å². The molecule has 6 rings (SSSR count). The smallest absolute Gasteiger partial charge is 0.306 e. The number of hydrogen-bond donors (Lipinski definition) is 1.